The van der Waals surface area contributed by atoms with Crippen molar-refractivity contribution in [1.82, 2.24) is 4.90 Å². The molecule has 1 heterocycles. The average Bonchev–Trinajstić information content (AvgIpc) is 2.68. The topological polar surface area (TPSA) is 46.3 Å². The van der Waals surface area contributed by atoms with Gasteiger partial charge in [-0.3, -0.25) is 9.69 Å². The van der Waals surface area contributed by atoms with Crippen LogP contribution in [-0.4, -0.2) is 36.4 Å². The molecule has 1 unspecified atom stereocenters. The van der Waals surface area contributed by atoms with E-state index in [-0.39, 0.29) is 23.9 Å². The summed E-state index contributed by atoms with van der Waals surface area (Å²) in [4.78, 5) is 13.7. The lowest BCUT2D eigenvalue weighted by atomic mass is 10.1. The van der Waals surface area contributed by atoms with Gasteiger partial charge in [0.05, 0.1) is 6.54 Å². The van der Waals surface area contributed by atoms with Gasteiger partial charge in [-0.15, -0.1) is 0 Å². The van der Waals surface area contributed by atoms with Crippen molar-refractivity contribution in [2.75, 3.05) is 19.6 Å². The van der Waals surface area contributed by atoms with E-state index in [0.29, 0.717) is 6.54 Å². The molecule has 0 radical (unpaired) electrons. The Labute approximate surface area is 98.2 Å². The summed E-state index contributed by atoms with van der Waals surface area (Å²) in [5.41, 5.74) is 5.92. The number of Topliss-reactive ketones (excluding diaryl/α,β-unsaturated/α-hetero) is 1. The summed E-state index contributed by atoms with van der Waals surface area (Å²) in [6.45, 7) is 1.66. The Morgan fingerprint density at radius 2 is 2.18 bits per heavy atom. The summed E-state index contributed by atoms with van der Waals surface area (Å²) in [6.07, 6.45) is 0.866. The van der Waals surface area contributed by atoms with Gasteiger partial charge < -0.3 is 5.73 Å². The number of hydrogen-bond donors (Lipinski definition) is 1. The molecule has 0 saturated carbocycles. The molecule has 3 nitrogen and oxygen atoms in total. The van der Waals surface area contributed by atoms with Crippen molar-refractivity contribution in [2.45, 2.75) is 12.5 Å². The molecular weight excluding hydrogens is 226 g/mol. The zero-order valence-corrected chi connectivity index (χ0v) is 9.33. The average molecular weight is 240 g/mol. The van der Waals surface area contributed by atoms with Gasteiger partial charge in [0.15, 0.2) is 17.4 Å². The molecule has 92 valence electrons. The first-order chi connectivity index (χ1) is 8.06. The van der Waals surface area contributed by atoms with E-state index in [4.69, 9.17) is 5.73 Å². The molecule has 17 heavy (non-hydrogen) atoms. The fourth-order valence-electron chi connectivity index (χ4n) is 1.97. The van der Waals surface area contributed by atoms with Gasteiger partial charge in [-0.25, -0.2) is 8.78 Å². The molecule has 2 N–H and O–H groups in total. The molecule has 1 aromatic rings. The Hall–Kier alpha value is -1.33. The maximum atomic E-state index is 13.0. The SMILES string of the molecule is NC1CCN(CC(=O)c2ccc(F)c(F)c2)C1. The van der Waals surface area contributed by atoms with E-state index in [1.54, 1.807) is 0 Å². The van der Waals surface area contributed by atoms with E-state index in [0.717, 1.165) is 25.1 Å². The highest BCUT2D eigenvalue weighted by atomic mass is 19.2. The fraction of sp³-hybridized carbons (Fsp3) is 0.417. The van der Waals surface area contributed by atoms with Crippen molar-refractivity contribution in [2.24, 2.45) is 5.73 Å². The molecule has 1 fully saturated rings. The second-order valence-electron chi connectivity index (χ2n) is 4.34. The predicted molar refractivity (Wildman–Crippen MR) is 59.7 cm³/mol. The summed E-state index contributed by atoms with van der Waals surface area (Å²) in [5.74, 6) is -2.14. The smallest absolute Gasteiger partial charge is 0.176 e. The van der Waals surface area contributed by atoms with Crippen molar-refractivity contribution in [3.8, 4) is 0 Å². The van der Waals surface area contributed by atoms with Gasteiger partial charge in [-0.05, 0) is 24.6 Å². The number of carbonyl (C=O) groups is 1. The standard InChI is InChI=1S/C12H14F2N2O/c13-10-2-1-8(5-11(10)14)12(17)7-16-4-3-9(15)6-16/h1-2,5,9H,3-4,6-7,15H2. The number of hydrogen-bond acceptors (Lipinski definition) is 3. The Balaban J connectivity index is 2.02. The van der Waals surface area contributed by atoms with Gasteiger partial charge in [0, 0.05) is 24.7 Å². The van der Waals surface area contributed by atoms with E-state index in [1.165, 1.54) is 6.07 Å². The van der Waals surface area contributed by atoms with Crippen LogP contribution >= 0.6 is 0 Å². The van der Waals surface area contributed by atoms with Crippen LogP contribution in [0, 0.1) is 11.6 Å². The van der Waals surface area contributed by atoms with Crippen molar-refractivity contribution < 1.29 is 13.6 Å². The number of rotatable bonds is 3. The maximum Gasteiger partial charge on any atom is 0.176 e. The minimum absolute atomic E-state index is 0.104. The number of benzene rings is 1. The highest BCUT2D eigenvalue weighted by Crippen LogP contribution is 2.12. The molecule has 1 aliphatic heterocycles. The van der Waals surface area contributed by atoms with Crippen LogP contribution in [-0.2, 0) is 0 Å². The third-order valence-electron chi connectivity index (χ3n) is 2.92. The molecular formula is C12H14F2N2O. The largest absolute Gasteiger partial charge is 0.326 e. The first-order valence-electron chi connectivity index (χ1n) is 5.52. The lowest BCUT2D eigenvalue weighted by Gasteiger charge is -2.13. The van der Waals surface area contributed by atoms with E-state index in [1.807, 2.05) is 4.90 Å². The molecule has 0 spiro atoms. The Morgan fingerprint density at radius 1 is 1.41 bits per heavy atom. The first kappa shape index (κ1) is 12.1. The summed E-state index contributed by atoms with van der Waals surface area (Å²) in [6, 6.07) is 3.32. The molecule has 1 aromatic carbocycles. The molecule has 2 rings (SSSR count). The first-order valence-corrected chi connectivity index (χ1v) is 5.52. The number of carbonyl (C=O) groups excluding carboxylic acids is 1. The number of halogens is 2. The van der Waals surface area contributed by atoms with Gasteiger partial charge in [-0.2, -0.15) is 0 Å². The van der Waals surface area contributed by atoms with Crippen LogP contribution in [0.4, 0.5) is 8.78 Å². The van der Waals surface area contributed by atoms with Crippen molar-refractivity contribution in [3.63, 3.8) is 0 Å². The van der Waals surface area contributed by atoms with Gasteiger partial charge in [-0.1, -0.05) is 0 Å². The van der Waals surface area contributed by atoms with Crippen LogP contribution in [0.5, 0.6) is 0 Å². The summed E-state index contributed by atoms with van der Waals surface area (Å²) in [5, 5.41) is 0. The van der Waals surface area contributed by atoms with E-state index >= 15 is 0 Å². The van der Waals surface area contributed by atoms with Gasteiger partial charge in [0.2, 0.25) is 0 Å². The third kappa shape index (κ3) is 2.87. The molecule has 0 bridgehead atoms. The zero-order chi connectivity index (χ0) is 12.4. The Morgan fingerprint density at radius 3 is 2.76 bits per heavy atom. The normalized spacial score (nSPS) is 20.8. The van der Waals surface area contributed by atoms with Crippen molar-refractivity contribution in [3.05, 3.63) is 35.4 Å². The second-order valence-corrected chi connectivity index (χ2v) is 4.34. The number of ketones is 1. The molecule has 0 amide bonds. The van der Waals surface area contributed by atoms with Crippen molar-refractivity contribution >= 4 is 5.78 Å². The molecule has 1 aliphatic rings. The highest BCUT2D eigenvalue weighted by molar-refractivity contribution is 5.97. The Kier molecular flexibility index (Phi) is 3.49. The van der Waals surface area contributed by atoms with Crippen LogP contribution in [0.3, 0.4) is 0 Å². The van der Waals surface area contributed by atoms with Gasteiger partial charge in [0.1, 0.15) is 0 Å². The summed E-state index contributed by atoms with van der Waals surface area (Å²) >= 11 is 0. The predicted octanol–water partition coefficient (Wildman–Crippen LogP) is 1.18. The molecule has 0 aromatic heterocycles. The lowest BCUT2D eigenvalue weighted by Crippen LogP contribution is -2.31. The zero-order valence-electron chi connectivity index (χ0n) is 9.33. The van der Waals surface area contributed by atoms with Crippen LogP contribution in [0.1, 0.15) is 16.8 Å². The quantitative estimate of drug-likeness (QED) is 0.807. The van der Waals surface area contributed by atoms with E-state index in [9.17, 15) is 13.6 Å². The molecule has 5 heteroatoms. The monoisotopic (exact) mass is 240 g/mol. The highest BCUT2D eigenvalue weighted by Gasteiger charge is 2.21. The lowest BCUT2D eigenvalue weighted by molar-refractivity contribution is 0.0944. The summed E-state index contributed by atoms with van der Waals surface area (Å²) < 4.78 is 25.7. The van der Waals surface area contributed by atoms with Crippen molar-refractivity contribution in [1.29, 1.82) is 0 Å². The van der Waals surface area contributed by atoms with E-state index < -0.39 is 11.6 Å². The Bertz CT molecular complexity index is 437. The number of nitrogens with two attached hydrogens (primary N) is 1. The fourth-order valence-corrected chi connectivity index (χ4v) is 1.97. The summed E-state index contributed by atoms with van der Waals surface area (Å²) in [7, 11) is 0. The van der Waals surface area contributed by atoms with Crippen LogP contribution in [0.2, 0.25) is 0 Å². The van der Waals surface area contributed by atoms with Gasteiger partial charge >= 0.3 is 0 Å². The minimum atomic E-state index is -0.992. The second kappa shape index (κ2) is 4.89. The number of likely N-dealkylation sites (tertiary alicyclic amines) is 1. The third-order valence-corrected chi connectivity index (χ3v) is 2.92. The number of nitrogens with zero attached hydrogens (tertiary/aromatic N) is 1. The molecule has 1 saturated heterocycles. The van der Waals surface area contributed by atoms with Crippen LogP contribution in [0.15, 0.2) is 18.2 Å². The van der Waals surface area contributed by atoms with Crippen LogP contribution in [0.25, 0.3) is 0 Å². The molecule has 1 atom stereocenters. The minimum Gasteiger partial charge on any atom is -0.326 e. The van der Waals surface area contributed by atoms with Crippen LogP contribution < -0.4 is 5.73 Å². The van der Waals surface area contributed by atoms with E-state index in [2.05, 4.69) is 0 Å². The van der Waals surface area contributed by atoms with Gasteiger partial charge in [0.25, 0.3) is 0 Å². The molecule has 0 aliphatic carbocycles. The maximum absolute atomic E-state index is 13.0.